The Balaban J connectivity index is 2.10. The van der Waals surface area contributed by atoms with Gasteiger partial charge in [0.25, 0.3) is 0 Å². The number of benzene rings is 1. The van der Waals surface area contributed by atoms with Gasteiger partial charge in [-0.05, 0) is 18.2 Å². The summed E-state index contributed by atoms with van der Waals surface area (Å²) >= 11 is 0. The van der Waals surface area contributed by atoms with Crippen LogP contribution in [0.1, 0.15) is 5.56 Å². The first-order valence-corrected chi connectivity index (χ1v) is 4.19. The van der Waals surface area contributed by atoms with Crippen LogP contribution in [0.2, 0.25) is 0 Å². The van der Waals surface area contributed by atoms with Gasteiger partial charge in [-0.3, -0.25) is 0 Å². The molecule has 0 bridgehead atoms. The van der Waals surface area contributed by atoms with Crippen LogP contribution in [-0.4, -0.2) is 13.2 Å². The molecule has 0 atom stereocenters. The molecule has 66 valence electrons. The van der Waals surface area contributed by atoms with Gasteiger partial charge in [-0.15, -0.1) is 0 Å². The van der Waals surface area contributed by atoms with Gasteiger partial charge in [0, 0.05) is 5.56 Å². The van der Waals surface area contributed by atoms with Gasteiger partial charge < -0.3 is 4.74 Å². The number of hydrogen-bond acceptors (Lipinski definition) is 1. The Kier molecular flexibility index (Phi) is 2.29. The molecular weight excluding hydrogens is 167 g/mol. The predicted octanol–water partition coefficient (Wildman–Crippen LogP) is 1.82. The highest BCUT2D eigenvalue weighted by Gasteiger charge is 2.14. The lowest BCUT2D eigenvalue weighted by Gasteiger charge is -2.19. The molecule has 1 aliphatic heterocycles. The van der Waals surface area contributed by atoms with E-state index in [0.29, 0.717) is 19.1 Å². The molecule has 1 saturated heterocycles. The maximum Gasteiger partial charge on any atom is 0.124 e. The summed E-state index contributed by atoms with van der Waals surface area (Å²) in [6.45, 7) is 1.42. The second-order valence-electron chi connectivity index (χ2n) is 3.01. The minimum absolute atomic E-state index is 0.239. The van der Waals surface area contributed by atoms with Gasteiger partial charge in [-0.1, -0.05) is 17.9 Å². The predicted molar refractivity (Wildman–Crippen MR) is 47.6 cm³/mol. The molecular formula is C11H9FO. The first kappa shape index (κ1) is 8.28. The quantitative estimate of drug-likeness (QED) is 0.548. The Morgan fingerprint density at radius 3 is 2.85 bits per heavy atom. The zero-order valence-corrected chi connectivity index (χ0v) is 7.09. The highest BCUT2D eigenvalue weighted by Crippen LogP contribution is 2.08. The molecule has 0 spiro atoms. The van der Waals surface area contributed by atoms with Crippen molar-refractivity contribution in [1.29, 1.82) is 0 Å². The second kappa shape index (κ2) is 3.59. The van der Waals surface area contributed by atoms with Gasteiger partial charge >= 0.3 is 0 Å². The van der Waals surface area contributed by atoms with E-state index in [1.165, 1.54) is 12.1 Å². The Bertz CT molecular complexity index is 358. The first-order chi connectivity index (χ1) is 6.34. The van der Waals surface area contributed by atoms with Crippen LogP contribution in [0.3, 0.4) is 0 Å². The van der Waals surface area contributed by atoms with Crippen molar-refractivity contribution in [2.75, 3.05) is 13.2 Å². The first-order valence-electron chi connectivity index (χ1n) is 4.19. The molecule has 1 heterocycles. The Morgan fingerprint density at radius 1 is 1.38 bits per heavy atom. The summed E-state index contributed by atoms with van der Waals surface area (Å²) in [6.07, 6.45) is 0. The number of halogens is 1. The molecule has 0 aromatic heterocycles. The van der Waals surface area contributed by atoms with E-state index in [2.05, 4.69) is 11.8 Å². The number of hydrogen-bond donors (Lipinski definition) is 0. The average Bonchev–Trinajstić information content (AvgIpc) is 2.01. The molecule has 2 heteroatoms. The van der Waals surface area contributed by atoms with E-state index in [1.54, 1.807) is 12.1 Å². The molecule has 1 aromatic carbocycles. The Labute approximate surface area is 76.5 Å². The third-order valence-corrected chi connectivity index (χ3v) is 1.88. The molecule has 1 aromatic rings. The zero-order valence-electron chi connectivity index (χ0n) is 7.09. The van der Waals surface area contributed by atoms with E-state index >= 15 is 0 Å². The van der Waals surface area contributed by atoms with Crippen molar-refractivity contribution in [1.82, 2.24) is 0 Å². The summed E-state index contributed by atoms with van der Waals surface area (Å²) in [4.78, 5) is 0. The molecule has 0 unspecified atom stereocenters. The van der Waals surface area contributed by atoms with E-state index in [1.807, 2.05) is 0 Å². The molecule has 0 saturated carbocycles. The fourth-order valence-electron chi connectivity index (χ4n) is 1.07. The highest BCUT2D eigenvalue weighted by atomic mass is 19.1. The van der Waals surface area contributed by atoms with Crippen molar-refractivity contribution in [2.45, 2.75) is 0 Å². The van der Waals surface area contributed by atoms with E-state index in [0.717, 1.165) is 5.56 Å². The van der Waals surface area contributed by atoms with Gasteiger partial charge in [0.05, 0.1) is 19.1 Å². The van der Waals surface area contributed by atoms with Crippen molar-refractivity contribution in [3.63, 3.8) is 0 Å². The van der Waals surface area contributed by atoms with E-state index < -0.39 is 0 Å². The van der Waals surface area contributed by atoms with Crippen molar-refractivity contribution in [2.24, 2.45) is 5.92 Å². The van der Waals surface area contributed by atoms with Crippen LogP contribution in [0.5, 0.6) is 0 Å². The summed E-state index contributed by atoms with van der Waals surface area (Å²) in [5.74, 6) is 6.04. The van der Waals surface area contributed by atoms with Crippen LogP contribution in [-0.2, 0) is 4.74 Å². The van der Waals surface area contributed by atoms with Crippen LogP contribution in [0.4, 0.5) is 4.39 Å². The standard InChI is InChI=1S/C11H9FO/c12-11-3-1-2-9(6-11)4-5-10-7-13-8-10/h1-3,6,10H,7-8H2. The van der Waals surface area contributed by atoms with Crippen molar-refractivity contribution < 1.29 is 9.13 Å². The molecule has 2 rings (SSSR count). The molecule has 13 heavy (non-hydrogen) atoms. The molecule has 1 nitrogen and oxygen atoms in total. The summed E-state index contributed by atoms with van der Waals surface area (Å²) in [6, 6.07) is 6.32. The highest BCUT2D eigenvalue weighted by molar-refractivity contribution is 5.34. The number of ether oxygens (including phenoxy) is 1. The van der Waals surface area contributed by atoms with Gasteiger partial charge in [0.1, 0.15) is 5.82 Å². The summed E-state index contributed by atoms with van der Waals surface area (Å²) in [5, 5.41) is 0. The van der Waals surface area contributed by atoms with Crippen LogP contribution >= 0.6 is 0 Å². The minimum Gasteiger partial charge on any atom is -0.379 e. The molecule has 1 fully saturated rings. The molecule has 0 radical (unpaired) electrons. The lowest BCUT2D eigenvalue weighted by Crippen LogP contribution is -2.25. The smallest absolute Gasteiger partial charge is 0.124 e. The normalized spacial score (nSPS) is 15.8. The van der Waals surface area contributed by atoms with Gasteiger partial charge in [-0.25, -0.2) is 4.39 Å². The lowest BCUT2D eigenvalue weighted by molar-refractivity contribution is -0.00300. The van der Waals surface area contributed by atoms with Crippen LogP contribution in [0.25, 0.3) is 0 Å². The zero-order chi connectivity index (χ0) is 9.10. The van der Waals surface area contributed by atoms with Crippen LogP contribution in [0, 0.1) is 23.6 Å². The molecule has 0 N–H and O–H groups in total. The maximum atomic E-state index is 12.7. The van der Waals surface area contributed by atoms with Gasteiger partial charge in [0.15, 0.2) is 0 Å². The Morgan fingerprint density at radius 2 is 2.23 bits per heavy atom. The summed E-state index contributed by atoms with van der Waals surface area (Å²) in [7, 11) is 0. The van der Waals surface area contributed by atoms with E-state index in [-0.39, 0.29) is 5.82 Å². The Hall–Kier alpha value is -1.33. The van der Waals surface area contributed by atoms with Crippen LogP contribution < -0.4 is 0 Å². The summed E-state index contributed by atoms with van der Waals surface area (Å²) < 4.78 is 17.7. The SMILES string of the molecule is Fc1cccc(C#CC2COC2)c1. The second-order valence-corrected chi connectivity index (χ2v) is 3.01. The summed E-state index contributed by atoms with van der Waals surface area (Å²) in [5.41, 5.74) is 0.729. The molecule has 1 aliphatic rings. The van der Waals surface area contributed by atoms with Gasteiger partial charge in [0.2, 0.25) is 0 Å². The van der Waals surface area contributed by atoms with Crippen molar-refractivity contribution >= 4 is 0 Å². The third-order valence-electron chi connectivity index (χ3n) is 1.88. The largest absolute Gasteiger partial charge is 0.379 e. The fourth-order valence-corrected chi connectivity index (χ4v) is 1.07. The number of rotatable bonds is 0. The van der Waals surface area contributed by atoms with Crippen LogP contribution in [0.15, 0.2) is 24.3 Å². The fraction of sp³-hybridized carbons (Fsp3) is 0.273. The van der Waals surface area contributed by atoms with E-state index in [4.69, 9.17) is 4.74 Å². The lowest BCUT2D eigenvalue weighted by atomic mass is 10.1. The average molecular weight is 176 g/mol. The van der Waals surface area contributed by atoms with Gasteiger partial charge in [-0.2, -0.15) is 0 Å². The molecule has 0 amide bonds. The van der Waals surface area contributed by atoms with Crippen molar-refractivity contribution in [3.8, 4) is 11.8 Å². The van der Waals surface area contributed by atoms with E-state index in [9.17, 15) is 4.39 Å². The molecule has 0 aliphatic carbocycles. The third kappa shape index (κ3) is 2.07. The minimum atomic E-state index is -0.239. The monoisotopic (exact) mass is 176 g/mol. The topological polar surface area (TPSA) is 9.23 Å². The van der Waals surface area contributed by atoms with Crippen molar-refractivity contribution in [3.05, 3.63) is 35.6 Å². The maximum absolute atomic E-state index is 12.7.